The van der Waals surface area contributed by atoms with Crippen LogP contribution in [0.3, 0.4) is 0 Å². The van der Waals surface area contributed by atoms with Crippen molar-refractivity contribution < 1.29 is 9.47 Å². The summed E-state index contributed by atoms with van der Waals surface area (Å²) in [7, 11) is 0. The summed E-state index contributed by atoms with van der Waals surface area (Å²) in [5, 5.41) is 3.27. The normalized spacial score (nSPS) is 21.3. The second-order valence-electron chi connectivity index (χ2n) is 7.07. The molecule has 0 aliphatic carbocycles. The molecule has 27 heavy (non-hydrogen) atoms. The van der Waals surface area contributed by atoms with E-state index in [-0.39, 0.29) is 6.04 Å². The Hall–Kier alpha value is -1.19. The Bertz CT molecular complexity index is 582. The molecule has 1 unspecified atom stereocenters. The number of hydrogen-bond acceptors (Lipinski definition) is 6. The van der Waals surface area contributed by atoms with Crippen molar-refractivity contribution in [2.24, 2.45) is 10.7 Å². The number of rotatable bonds is 8. The molecule has 3 N–H and O–H groups in total. The Balaban J connectivity index is 1.45. The van der Waals surface area contributed by atoms with Crippen LogP contribution >= 0.6 is 11.3 Å². The lowest BCUT2D eigenvalue weighted by Crippen LogP contribution is -2.41. The highest BCUT2D eigenvalue weighted by molar-refractivity contribution is 7.12. The van der Waals surface area contributed by atoms with Crippen LogP contribution in [0.1, 0.15) is 22.2 Å². The van der Waals surface area contributed by atoms with Crippen molar-refractivity contribution in [2.45, 2.75) is 19.4 Å². The molecule has 0 amide bonds. The van der Waals surface area contributed by atoms with Gasteiger partial charge in [0.15, 0.2) is 5.96 Å². The fourth-order valence-electron chi connectivity index (χ4n) is 3.49. The number of nitrogens with one attached hydrogen (secondary N) is 1. The molecule has 7 nitrogen and oxygen atoms in total. The van der Waals surface area contributed by atoms with Gasteiger partial charge in [-0.3, -0.25) is 14.8 Å². The highest BCUT2D eigenvalue weighted by atomic mass is 32.1. The molecular weight excluding hydrogens is 362 g/mol. The molecule has 0 aromatic carbocycles. The lowest BCUT2D eigenvalue weighted by molar-refractivity contribution is 0.0187. The van der Waals surface area contributed by atoms with Gasteiger partial charge in [-0.2, -0.15) is 0 Å². The molecule has 2 saturated heterocycles. The molecule has 3 rings (SSSR count). The number of morpholine rings is 2. The Kier molecular flexibility index (Phi) is 8.34. The third-order valence-corrected chi connectivity index (χ3v) is 6.17. The summed E-state index contributed by atoms with van der Waals surface area (Å²) in [5.74, 6) is 0.545. The van der Waals surface area contributed by atoms with Crippen molar-refractivity contribution in [1.82, 2.24) is 15.1 Å². The van der Waals surface area contributed by atoms with Crippen LogP contribution in [0.15, 0.2) is 17.1 Å². The number of ether oxygens (including phenoxy) is 2. The van der Waals surface area contributed by atoms with Crippen molar-refractivity contribution >= 4 is 17.3 Å². The first-order valence-electron chi connectivity index (χ1n) is 9.94. The maximum atomic E-state index is 6.12. The molecule has 2 aliphatic rings. The van der Waals surface area contributed by atoms with Crippen LogP contribution in [0.2, 0.25) is 0 Å². The smallest absolute Gasteiger partial charge is 0.188 e. The van der Waals surface area contributed by atoms with Crippen molar-refractivity contribution in [2.75, 3.05) is 72.2 Å². The molecule has 0 bridgehead atoms. The van der Waals surface area contributed by atoms with Crippen LogP contribution < -0.4 is 11.1 Å². The molecule has 1 aromatic rings. The summed E-state index contributed by atoms with van der Waals surface area (Å²) in [6, 6.07) is 4.69. The standard InChI is InChI=1S/C19H33N5O2S/c1-16-3-4-18(27-16)17(24-9-13-26-14-10-24)15-22-19(20)21-5-2-6-23-7-11-25-12-8-23/h3-4,17H,2,5-15H2,1H3,(H3,20,21,22). The van der Waals surface area contributed by atoms with Crippen LogP contribution in [-0.4, -0.2) is 88.0 Å². The molecule has 0 spiro atoms. The third-order valence-electron chi connectivity index (χ3n) is 5.07. The van der Waals surface area contributed by atoms with Crippen molar-refractivity contribution in [3.05, 3.63) is 21.9 Å². The summed E-state index contributed by atoms with van der Waals surface area (Å²) < 4.78 is 10.9. The first-order chi connectivity index (χ1) is 13.2. The van der Waals surface area contributed by atoms with E-state index in [0.29, 0.717) is 12.5 Å². The van der Waals surface area contributed by atoms with E-state index in [0.717, 1.165) is 72.1 Å². The van der Waals surface area contributed by atoms with Gasteiger partial charge < -0.3 is 20.5 Å². The number of thiophene rings is 1. The quantitative estimate of drug-likeness (QED) is 0.389. The summed E-state index contributed by atoms with van der Waals surface area (Å²) in [6.45, 7) is 12.0. The lowest BCUT2D eigenvalue weighted by atomic mass is 10.2. The van der Waals surface area contributed by atoms with E-state index in [1.54, 1.807) is 0 Å². The fraction of sp³-hybridized carbons (Fsp3) is 0.737. The minimum atomic E-state index is 0.279. The second-order valence-corrected chi connectivity index (χ2v) is 8.39. The monoisotopic (exact) mass is 395 g/mol. The zero-order valence-corrected chi connectivity index (χ0v) is 17.2. The molecule has 152 valence electrons. The van der Waals surface area contributed by atoms with Crippen LogP contribution in [-0.2, 0) is 9.47 Å². The zero-order chi connectivity index (χ0) is 18.9. The molecule has 1 aromatic heterocycles. The van der Waals surface area contributed by atoms with Gasteiger partial charge >= 0.3 is 0 Å². The first kappa shape index (κ1) is 20.5. The molecule has 2 fully saturated rings. The van der Waals surface area contributed by atoms with Gasteiger partial charge in [-0.05, 0) is 32.0 Å². The lowest BCUT2D eigenvalue weighted by Gasteiger charge is -2.33. The van der Waals surface area contributed by atoms with Gasteiger partial charge in [-0.1, -0.05) is 0 Å². The number of hydrogen-bond donors (Lipinski definition) is 2. The highest BCUT2D eigenvalue weighted by Gasteiger charge is 2.23. The van der Waals surface area contributed by atoms with Crippen molar-refractivity contribution in [1.29, 1.82) is 0 Å². The molecule has 2 aliphatic heterocycles. The van der Waals surface area contributed by atoms with Crippen LogP contribution in [0.25, 0.3) is 0 Å². The van der Waals surface area contributed by atoms with Crippen molar-refractivity contribution in [3.63, 3.8) is 0 Å². The largest absolute Gasteiger partial charge is 0.379 e. The average molecular weight is 396 g/mol. The third kappa shape index (κ3) is 6.73. The highest BCUT2D eigenvalue weighted by Crippen LogP contribution is 2.28. The molecule has 8 heteroatoms. The Morgan fingerprint density at radius 2 is 1.89 bits per heavy atom. The van der Waals surface area contributed by atoms with Crippen molar-refractivity contribution in [3.8, 4) is 0 Å². The summed E-state index contributed by atoms with van der Waals surface area (Å²) in [6.07, 6.45) is 1.06. The van der Waals surface area contributed by atoms with Gasteiger partial charge in [-0.15, -0.1) is 11.3 Å². The van der Waals surface area contributed by atoms with E-state index < -0.39 is 0 Å². The molecule has 0 radical (unpaired) electrons. The fourth-order valence-corrected chi connectivity index (χ4v) is 4.50. The average Bonchev–Trinajstić information content (AvgIpc) is 3.13. The van der Waals surface area contributed by atoms with Crippen LogP contribution in [0, 0.1) is 6.92 Å². The second kappa shape index (κ2) is 11.0. The topological polar surface area (TPSA) is 75.3 Å². The predicted octanol–water partition coefficient (Wildman–Crippen LogP) is 1.06. The maximum Gasteiger partial charge on any atom is 0.188 e. The number of guanidine groups is 1. The zero-order valence-electron chi connectivity index (χ0n) is 16.4. The van der Waals surface area contributed by atoms with Gasteiger partial charge in [-0.25, -0.2) is 0 Å². The Morgan fingerprint density at radius 1 is 1.19 bits per heavy atom. The summed E-state index contributed by atoms with van der Waals surface area (Å²) in [4.78, 5) is 12.2. The maximum absolute atomic E-state index is 6.12. The Morgan fingerprint density at radius 3 is 2.56 bits per heavy atom. The minimum Gasteiger partial charge on any atom is -0.379 e. The number of aryl methyl sites for hydroxylation is 1. The van der Waals surface area contributed by atoms with E-state index in [4.69, 9.17) is 15.2 Å². The number of aliphatic imine (C=N–C) groups is 1. The molecular formula is C19H33N5O2S. The summed E-state index contributed by atoms with van der Waals surface area (Å²) >= 11 is 1.85. The minimum absolute atomic E-state index is 0.279. The molecule has 3 heterocycles. The predicted molar refractivity (Wildman–Crippen MR) is 111 cm³/mol. The SMILES string of the molecule is Cc1ccc(C(CN=C(N)NCCCN2CCOCC2)N2CCOCC2)s1. The number of nitrogens with zero attached hydrogens (tertiary/aromatic N) is 3. The van der Waals surface area contributed by atoms with E-state index in [2.05, 4.69) is 39.2 Å². The first-order valence-corrected chi connectivity index (χ1v) is 10.8. The van der Waals surface area contributed by atoms with E-state index in [9.17, 15) is 0 Å². The van der Waals surface area contributed by atoms with Gasteiger partial charge in [0, 0.05) is 42.5 Å². The van der Waals surface area contributed by atoms with Crippen LogP contribution in [0.4, 0.5) is 0 Å². The Labute approximate surface area is 166 Å². The molecule has 0 saturated carbocycles. The number of nitrogens with two attached hydrogens (primary N) is 1. The van der Waals surface area contributed by atoms with E-state index >= 15 is 0 Å². The van der Waals surface area contributed by atoms with Gasteiger partial charge in [0.25, 0.3) is 0 Å². The van der Waals surface area contributed by atoms with Gasteiger partial charge in [0.1, 0.15) is 0 Å². The van der Waals surface area contributed by atoms with Gasteiger partial charge in [0.05, 0.1) is 39.0 Å². The molecule has 1 atom stereocenters. The van der Waals surface area contributed by atoms with Crippen LogP contribution in [0.5, 0.6) is 0 Å². The van der Waals surface area contributed by atoms with E-state index in [1.807, 2.05) is 11.3 Å². The summed E-state index contributed by atoms with van der Waals surface area (Å²) in [5.41, 5.74) is 6.12. The van der Waals surface area contributed by atoms with E-state index in [1.165, 1.54) is 9.75 Å². The van der Waals surface area contributed by atoms with Gasteiger partial charge in [0.2, 0.25) is 0 Å².